The van der Waals surface area contributed by atoms with Gasteiger partial charge in [-0.2, -0.15) is 0 Å². The van der Waals surface area contributed by atoms with Crippen LogP contribution >= 0.6 is 31.9 Å². The van der Waals surface area contributed by atoms with Gasteiger partial charge in [-0.3, -0.25) is 4.90 Å². The lowest BCUT2D eigenvalue weighted by Crippen LogP contribution is -2.26. The largest absolute Gasteiger partial charge is 0.299 e. The van der Waals surface area contributed by atoms with Crippen LogP contribution in [-0.4, -0.2) is 18.0 Å². The fourth-order valence-electron chi connectivity index (χ4n) is 4.36. The topological polar surface area (TPSA) is 3.24 Å². The van der Waals surface area contributed by atoms with Crippen molar-refractivity contribution in [3.05, 3.63) is 70.8 Å². The summed E-state index contributed by atoms with van der Waals surface area (Å²) in [5, 5.41) is 0. The van der Waals surface area contributed by atoms with Gasteiger partial charge in [-0.15, -0.1) is 0 Å². The molecule has 1 nitrogen and oxygen atoms in total. The second-order valence-electron chi connectivity index (χ2n) is 8.63. The van der Waals surface area contributed by atoms with E-state index in [2.05, 4.69) is 92.2 Å². The first kappa shape index (κ1) is 20.6. The van der Waals surface area contributed by atoms with Crippen molar-refractivity contribution in [2.45, 2.75) is 67.1 Å². The first-order chi connectivity index (χ1) is 13.5. The van der Waals surface area contributed by atoms with E-state index in [0.29, 0.717) is 0 Å². The molecule has 0 bridgehead atoms. The number of rotatable bonds is 10. The average Bonchev–Trinajstić information content (AvgIpc) is 3.62. The molecule has 3 heteroatoms. The lowest BCUT2D eigenvalue weighted by molar-refractivity contribution is 0.262. The minimum absolute atomic E-state index is 0.254. The Bertz CT molecular complexity index is 757. The Hall–Kier alpha value is -0.640. The van der Waals surface area contributed by atoms with Crippen LogP contribution in [0, 0.1) is 0 Å². The van der Waals surface area contributed by atoms with Crippen LogP contribution < -0.4 is 0 Å². The van der Waals surface area contributed by atoms with Crippen molar-refractivity contribution in [3.8, 4) is 0 Å². The quantitative estimate of drug-likeness (QED) is 0.307. The molecule has 150 valence electrons. The predicted octanol–water partition coefficient (Wildman–Crippen LogP) is 7.30. The molecular weight excluding hydrogens is 474 g/mol. The Morgan fingerprint density at radius 2 is 1.43 bits per heavy atom. The maximum atomic E-state index is 4.03. The molecule has 0 unspecified atom stereocenters. The third-order valence-corrected chi connectivity index (χ3v) is 8.65. The number of nitrogens with zero attached hydrogens (tertiary/aromatic N) is 1. The molecule has 0 spiro atoms. The number of hydrogen-bond donors (Lipinski definition) is 0. The molecule has 28 heavy (non-hydrogen) atoms. The van der Waals surface area contributed by atoms with E-state index < -0.39 is 0 Å². The molecule has 4 rings (SSSR count). The second kappa shape index (κ2) is 8.62. The molecule has 0 atom stereocenters. The van der Waals surface area contributed by atoms with Crippen LogP contribution in [0.3, 0.4) is 0 Å². The fourth-order valence-corrected chi connectivity index (χ4v) is 5.50. The number of alkyl halides is 2. The summed E-state index contributed by atoms with van der Waals surface area (Å²) in [5.41, 5.74) is 6.15. The lowest BCUT2D eigenvalue weighted by Gasteiger charge is -2.24. The van der Waals surface area contributed by atoms with Gasteiger partial charge in [0.1, 0.15) is 0 Å². The molecule has 0 heterocycles. The van der Waals surface area contributed by atoms with Crippen molar-refractivity contribution in [1.29, 1.82) is 0 Å². The van der Waals surface area contributed by atoms with Gasteiger partial charge in [0.05, 0.1) is 8.65 Å². The van der Waals surface area contributed by atoms with Gasteiger partial charge >= 0.3 is 0 Å². The van der Waals surface area contributed by atoms with E-state index in [0.717, 1.165) is 6.54 Å². The molecule has 0 saturated heterocycles. The van der Waals surface area contributed by atoms with Gasteiger partial charge < -0.3 is 0 Å². The van der Waals surface area contributed by atoms with Gasteiger partial charge in [-0.25, -0.2) is 0 Å². The van der Waals surface area contributed by atoms with E-state index in [1.807, 2.05) is 0 Å². The Balaban J connectivity index is 1.46. The molecule has 0 aliphatic heterocycles. The van der Waals surface area contributed by atoms with Crippen LogP contribution in [0.1, 0.15) is 67.7 Å². The van der Waals surface area contributed by atoms with Crippen molar-refractivity contribution in [2.75, 3.05) is 13.1 Å². The minimum atomic E-state index is 0.254. The molecule has 0 amide bonds. The van der Waals surface area contributed by atoms with E-state index in [-0.39, 0.29) is 8.65 Å². The van der Waals surface area contributed by atoms with E-state index in [9.17, 15) is 0 Å². The molecule has 2 aliphatic rings. The summed E-state index contributed by atoms with van der Waals surface area (Å²) in [6.07, 6.45) is 8.71. The lowest BCUT2D eigenvalue weighted by atomic mass is 9.91. The van der Waals surface area contributed by atoms with Crippen LogP contribution in [0.4, 0.5) is 0 Å². The molecule has 0 radical (unpaired) electrons. The summed E-state index contributed by atoms with van der Waals surface area (Å²) in [4.78, 5) is 2.62. The zero-order chi connectivity index (χ0) is 19.6. The maximum Gasteiger partial charge on any atom is 0.0510 e. The Morgan fingerprint density at radius 1 is 0.821 bits per heavy atom. The van der Waals surface area contributed by atoms with Crippen LogP contribution in [0.15, 0.2) is 48.5 Å². The monoisotopic (exact) mass is 503 g/mol. The molecule has 2 saturated carbocycles. The van der Waals surface area contributed by atoms with Gasteiger partial charge in [0.2, 0.25) is 0 Å². The maximum absolute atomic E-state index is 4.03. The van der Waals surface area contributed by atoms with Crippen LogP contribution in [0.25, 0.3) is 0 Å². The zero-order valence-corrected chi connectivity index (χ0v) is 20.1. The van der Waals surface area contributed by atoms with Crippen molar-refractivity contribution in [1.82, 2.24) is 4.90 Å². The smallest absolute Gasteiger partial charge is 0.0510 e. The minimum Gasteiger partial charge on any atom is -0.299 e. The number of halogens is 2. The first-order valence-electron chi connectivity index (χ1n) is 10.8. The highest BCUT2D eigenvalue weighted by molar-refractivity contribution is 9.10. The van der Waals surface area contributed by atoms with Crippen molar-refractivity contribution >= 4 is 31.9 Å². The predicted molar refractivity (Wildman–Crippen MR) is 126 cm³/mol. The van der Waals surface area contributed by atoms with Crippen LogP contribution in [0.2, 0.25) is 0 Å². The summed E-state index contributed by atoms with van der Waals surface area (Å²) in [6.45, 7) is 5.69. The Morgan fingerprint density at radius 3 is 1.96 bits per heavy atom. The summed E-state index contributed by atoms with van der Waals surface area (Å²) in [6, 6.07) is 17.9. The second-order valence-corrected chi connectivity index (χ2v) is 11.7. The molecule has 2 aromatic carbocycles. The van der Waals surface area contributed by atoms with Crippen molar-refractivity contribution in [3.63, 3.8) is 0 Å². The molecule has 0 aromatic heterocycles. The van der Waals surface area contributed by atoms with Gasteiger partial charge in [-0.05, 0) is 80.3 Å². The summed E-state index contributed by atoms with van der Waals surface area (Å²) < 4.78 is 0.507. The van der Waals surface area contributed by atoms with E-state index >= 15 is 0 Å². The van der Waals surface area contributed by atoms with E-state index in [4.69, 9.17) is 0 Å². The van der Waals surface area contributed by atoms with Crippen molar-refractivity contribution in [2.24, 2.45) is 0 Å². The van der Waals surface area contributed by atoms with Gasteiger partial charge in [0.15, 0.2) is 0 Å². The van der Waals surface area contributed by atoms with Crippen molar-refractivity contribution < 1.29 is 0 Å². The van der Waals surface area contributed by atoms with Gasteiger partial charge in [0.25, 0.3) is 0 Å². The Labute approximate surface area is 187 Å². The highest BCUT2D eigenvalue weighted by Gasteiger charge is 2.47. The van der Waals surface area contributed by atoms with Crippen LogP contribution in [-0.2, 0) is 21.6 Å². The fraction of sp³-hybridized carbons (Fsp3) is 0.520. The summed E-state index contributed by atoms with van der Waals surface area (Å²) in [5.74, 6) is 0. The highest BCUT2D eigenvalue weighted by atomic mass is 79.9. The standard InChI is InChI=1S/C25H31Br2N/c1-2-17-28(19-20-8-4-3-5-9-20)18-7-10-21-22(24(26)13-14-24)11-6-12-23(21)25(27)15-16-25/h3-6,8-9,11-12H,2,7,10,13-19H2,1H3. The first-order valence-corrected chi connectivity index (χ1v) is 12.4. The third-order valence-electron chi connectivity index (χ3n) is 6.21. The molecule has 2 aliphatic carbocycles. The molecule has 2 aromatic rings. The van der Waals surface area contributed by atoms with Crippen LogP contribution in [0.5, 0.6) is 0 Å². The SMILES string of the molecule is CCCN(CCCc1c(C2(Br)CC2)cccc1C1(Br)CC1)Cc1ccccc1. The molecular formula is C25H31Br2N. The zero-order valence-electron chi connectivity index (χ0n) is 16.9. The highest BCUT2D eigenvalue weighted by Crippen LogP contribution is 2.59. The summed E-state index contributed by atoms with van der Waals surface area (Å²) in [7, 11) is 0. The molecule has 2 fully saturated rings. The van der Waals surface area contributed by atoms with Gasteiger partial charge in [-0.1, -0.05) is 87.3 Å². The number of hydrogen-bond acceptors (Lipinski definition) is 1. The van der Waals surface area contributed by atoms with Gasteiger partial charge in [0, 0.05) is 6.54 Å². The average molecular weight is 505 g/mol. The Kier molecular flexibility index (Phi) is 6.35. The van der Waals surface area contributed by atoms with E-state index in [1.165, 1.54) is 63.6 Å². The molecule has 0 N–H and O–H groups in total. The summed E-state index contributed by atoms with van der Waals surface area (Å²) >= 11 is 8.07. The third kappa shape index (κ3) is 4.74. The number of benzene rings is 2. The van der Waals surface area contributed by atoms with E-state index in [1.54, 1.807) is 16.7 Å². The normalized spacial score (nSPS) is 19.0.